The van der Waals surface area contributed by atoms with Crippen LogP contribution in [0.25, 0.3) is 5.70 Å². The molecule has 0 radical (unpaired) electrons. The summed E-state index contributed by atoms with van der Waals surface area (Å²) < 4.78 is 0. The SMILES string of the molecule is C=C(NCc1ncc[nH]1)c1cccc(C(C)(C)C)c1. The molecule has 2 rings (SSSR count). The molecule has 0 spiro atoms. The Morgan fingerprint density at radius 1 is 1.37 bits per heavy atom. The standard InChI is InChI=1S/C16H21N3/c1-12(19-11-15-17-8-9-18-15)13-6-5-7-14(10-13)16(2,3)4/h5-10,19H,1,11H2,2-4H3,(H,17,18). The number of aromatic amines is 1. The van der Waals surface area contributed by atoms with Gasteiger partial charge >= 0.3 is 0 Å². The van der Waals surface area contributed by atoms with Crippen molar-refractivity contribution in [2.75, 3.05) is 0 Å². The van der Waals surface area contributed by atoms with Crippen LogP contribution in [0.2, 0.25) is 0 Å². The van der Waals surface area contributed by atoms with Gasteiger partial charge in [0.1, 0.15) is 5.82 Å². The van der Waals surface area contributed by atoms with Crippen LogP contribution in [0.15, 0.2) is 43.2 Å². The fraction of sp³-hybridized carbons (Fsp3) is 0.312. The fourth-order valence-electron chi connectivity index (χ4n) is 1.86. The molecule has 3 heteroatoms. The van der Waals surface area contributed by atoms with E-state index < -0.39 is 0 Å². The van der Waals surface area contributed by atoms with Gasteiger partial charge in [-0.25, -0.2) is 4.98 Å². The van der Waals surface area contributed by atoms with Crippen molar-refractivity contribution in [3.8, 4) is 0 Å². The first-order chi connectivity index (χ1) is 8.97. The van der Waals surface area contributed by atoms with Crippen LogP contribution in [0, 0.1) is 0 Å². The molecule has 0 fully saturated rings. The molecule has 0 unspecified atom stereocenters. The molecule has 0 bridgehead atoms. The van der Waals surface area contributed by atoms with Gasteiger partial charge in [-0.1, -0.05) is 45.5 Å². The number of aromatic nitrogens is 2. The lowest BCUT2D eigenvalue weighted by molar-refractivity contribution is 0.590. The Morgan fingerprint density at radius 3 is 2.79 bits per heavy atom. The van der Waals surface area contributed by atoms with Crippen LogP contribution in [-0.4, -0.2) is 9.97 Å². The Kier molecular flexibility index (Phi) is 3.74. The highest BCUT2D eigenvalue weighted by Crippen LogP contribution is 2.24. The van der Waals surface area contributed by atoms with Crippen molar-refractivity contribution in [1.82, 2.24) is 15.3 Å². The molecule has 2 aromatic rings. The lowest BCUT2D eigenvalue weighted by atomic mass is 9.86. The monoisotopic (exact) mass is 255 g/mol. The molecule has 1 aromatic carbocycles. The molecule has 1 heterocycles. The van der Waals surface area contributed by atoms with E-state index in [4.69, 9.17) is 0 Å². The van der Waals surface area contributed by atoms with Gasteiger partial charge in [0.15, 0.2) is 0 Å². The second kappa shape index (κ2) is 5.31. The zero-order chi connectivity index (χ0) is 13.9. The molecular weight excluding hydrogens is 234 g/mol. The highest BCUT2D eigenvalue weighted by Gasteiger charge is 2.14. The minimum Gasteiger partial charge on any atom is -0.378 e. The van der Waals surface area contributed by atoms with Crippen molar-refractivity contribution in [3.63, 3.8) is 0 Å². The molecule has 0 amide bonds. The average molecular weight is 255 g/mol. The van der Waals surface area contributed by atoms with Gasteiger partial charge in [0.05, 0.1) is 6.54 Å². The maximum absolute atomic E-state index is 4.18. The second-order valence-electron chi connectivity index (χ2n) is 5.70. The Bertz CT molecular complexity index is 548. The van der Waals surface area contributed by atoms with Gasteiger partial charge in [-0.05, 0) is 22.6 Å². The Hall–Kier alpha value is -2.03. The van der Waals surface area contributed by atoms with Crippen LogP contribution in [0.3, 0.4) is 0 Å². The summed E-state index contributed by atoms with van der Waals surface area (Å²) in [6, 6.07) is 8.50. The Balaban J connectivity index is 2.07. The molecule has 0 atom stereocenters. The van der Waals surface area contributed by atoms with Crippen LogP contribution in [0.5, 0.6) is 0 Å². The number of imidazole rings is 1. The third-order valence-corrected chi connectivity index (χ3v) is 3.10. The van der Waals surface area contributed by atoms with Crippen LogP contribution in [0.1, 0.15) is 37.7 Å². The van der Waals surface area contributed by atoms with Gasteiger partial charge < -0.3 is 10.3 Å². The average Bonchev–Trinajstić information content (AvgIpc) is 2.88. The van der Waals surface area contributed by atoms with Crippen LogP contribution >= 0.6 is 0 Å². The van der Waals surface area contributed by atoms with E-state index in [-0.39, 0.29) is 5.41 Å². The van der Waals surface area contributed by atoms with Crippen LogP contribution < -0.4 is 5.32 Å². The van der Waals surface area contributed by atoms with Crippen molar-refractivity contribution in [2.45, 2.75) is 32.7 Å². The lowest BCUT2D eigenvalue weighted by Gasteiger charge is -2.20. The zero-order valence-corrected chi connectivity index (χ0v) is 11.8. The first-order valence-corrected chi connectivity index (χ1v) is 6.49. The highest BCUT2D eigenvalue weighted by molar-refractivity contribution is 5.62. The molecule has 3 nitrogen and oxygen atoms in total. The third kappa shape index (κ3) is 3.47. The maximum Gasteiger partial charge on any atom is 0.125 e. The van der Waals surface area contributed by atoms with Crippen LogP contribution in [-0.2, 0) is 12.0 Å². The van der Waals surface area contributed by atoms with E-state index in [2.05, 4.69) is 66.9 Å². The molecule has 1 aromatic heterocycles. The lowest BCUT2D eigenvalue weighted by Crippen LogP contribution is -2.14. The van der Waals surface area contributed by atoms with Crippen molar-refractivity contribution >= 4 is 5.70 Å². The summed E-state index contributed by atoms with van der Waals surface area (Å²) in [6.07, 6.45) is 3.57. The van der Waals surface area contributed by atoms with E-state index in [1.165, 1.54) is 5.56 Å². The Morgan fingerprint density at radius 2 is 2.16 bits per heavy atom. The molecule has 0 aliphatic rings. The number of H-pyrrole nitrogens is 1. The van der Waals surface area contributed by atoms with Crippen molar-refractivity contribution < 1.29 is 0 Å². The van der Waals surface area contributed by atoms with E-state index in [0.29, 0.717) is 6.54 Å². The first-order valence-electron chi connectivity index (χ1n) is 6.49. The number of benzene rings is 1. The van der Waals surface area contributed by atoms with Crippen molar-refractivity contribution in [1.29, 1.82) is 0 Å². The smallest absolute Gasteiger partial charge is 0.125 e. The van der Waals surface area contributed by atoms with Crippen molar-refractivity contribution in [2.24, 2.45) is 0 Å². The summed E-state index contributed by atoms with van der Waals surface area (Å²) in [5.74, 6) is 0.910. The summed E-state index contributed by atoms with van der Waals surface area (Å²) >= 11 is 0. The minimum absolute atomic E-state index is 0.150. The second-order valence-corrected chi connectivity index (χ2v) is 5.70. The summed E-state index contributed by atoms with van der Waals surface area (Å²) in [5.41, 5.74) is 3.50. The number of hydrogen-bond acceptors (Lipinski definition) is 2. The van der Waals surface area contributed by atoms with Gasteiger partial charge in [0.2, 0.25) is 0 Å². The van der Waals surface area contributed by atoms with E-state index in [0.717, 1.165) is 17.1 Å². The molecule has 0 saturated carbocycles. The van der Waals surface area contributed by atoms with Gasteiger partial charge in [0, 0.05) is 18.1 Å². The summed E-state index contributed by atoms with van der Waals surface area (Å²) in [4.78, 5) is 7.24. The van der Waals surface area contributed by atoms with Gasteiger partial charge in [-0.3, -0.25) is 0 Å². The zero-order valence-electron chi connectivity index (χ0n) is 11.8. The van der Waals surface area contributed by atoms with E-state index in [1.54, 1.807) is 6.20 Å². The highest BCUT2D eigenvalue weighted by atomic mass is 15.0. The Labute approximate surface area is 114 Å². The molecule has 100 valence electrons. The van der Waals surface area contributed by atoms with Gasteiger partial charge in [-0.15, -0.1) is 0 Å². The number of rotatable bonds is 4. The largest absolute Gasteiger partial charge is 0.378 e. The normalized spacial score (nSPS) is 11.3. The molecule has 0 saturated heterocycles. The van der Waals surface area contributed by atoms with E-state index >= 15 is 0 Å². The fourth-order valence-corrected chi connectivity index (χ4v) is 1.86. The van der Waals surface area contributed by atoms with Gasteiger partial charge in [0.25, 0.3) is 0 Å². The quantitative estimate of drug-likeness (QED) is 0.878. The predicted octanol–water partition coefficient (Wildman–Crippen LogP) is 3.47. The summed E-state index contributed by atoms with van der Waals surface area (Å²) in [5, 5.41) is 3.29. The molecule has 19 heavy (non-hydrogen) atoms. The van der Waals surface area contributed by atoms with E-state index in [1.807, 2.05) is 6.20 Å². The molecule has 0 aliphatic heterocycles. The number of hydrogen-bond donors (Lipinski definition) is 2. The molecule has 2 N–H and O–H groups in total. The van der Waals surface area contributed by atoms with Crippen molar-refractivity contribution in [3.05, 3.63) is 60.2 Å². The minimum atomic E-state index is 0.150. The van der Waals surface area contributed by atoms with E-state index in [9.17, 15) is 0 Å². The topological polar surface area (TPSA) is 40.7 Å². The number of nitrogens with one attached hydrogen (secondary N) is 2. The maximum atomic E-state index is 4.18. The predicted molar refractivity (Wildman–Crippen MR) is 79.6 cm³/mol. The first kappa shape index (κ1) is 13.4. The summed E-state index contributed by atoms with van der Waals surface area (Å²) in [6.45, 7) is 11.4. The molecular formula is C16H21N3. The van der Waals surface area contributed by atoms with Crippen LogP contribution in [0.4, 0.5) is 0 Å². The van der Waals surface area contributed by atoms with Gasteiger partial charge in [-0.2, -0.15) is 0 Å². The molecule has 0 aliphatic carbocycles. The number of nitrogens with zero attached hydrogens (tertiary/aromatic N) is 1. The summed E-state index contributed by atoms with van der Waals surface area (Å²) in [7, 11) is 0. The third-order valence-electron chi connectivity index (χ3n) is 3.10.